The first kappa shape index (κ1) is 22.1. The highest BCUT2D eigenvalue weighted by Gasteiger charge is 2.18. The summed E-state index contributed by atoms with van der Waals surface area (Å²) < 4.78 is 36.6. The second kappa shape index (κ2) is 8.57. The molecule has 0 bridgehead atoms. The maximum Gasteiger partial charge on any atom is 0.282 e. The number of fused-ring (bicyclic) bond motifs is 4. The summed E-state index contributed by atoms with van der Waals surface area (Å²) in [5, 5.41) is 1.82. The van der Waals surface area contributed by atoms with Crippen molar-refractivity contribution in [3.05, 3.63) is 83.7 Å². The van der Waals surface area contributed by atoms with E-state index in [4.69, 9.17) is 9.40 Å². The molecule has 172 valence electrons. The number of hydrogen-bond acceptors (Lipinski definition) is 5. The van der Waals surface area contributed by atoms with Crippen LogP contribution in [0.2, 0.25) is 0 Å². The molecule has 0 N–H and O–H groups in total. The first-order chi connectivity index (χ1) is 16.4. The van der Waals surface area contributed by atoms with Gasteiger partial charge in [-0.15, -0.1) is 0 Å². The highest BCUT2D eigenvalue weighted by molar-refractivity contribution is 7.90. The molecule has 0 fully saturated rings. The maximum atomic E-state index is 13.1. The molecule has 34 heavy (non-hydrogen) atoms. The summed E-state index contributed by atoms with van der Waals surface area (Å²) in [6.45, 7) is 7.89. The molecule has 0 atom stereocenters. The summed E-state index contributed by atoms with van der Waals surface area (Å²) in [4.78, 5) is 7.24. The molecule has 1 aliphatic heterocycles. The number of aryl methyl sites for hydroxylation is 1. The van der Waals surface area contributed by atoms with Crippen LogP contribution in [0.5, 0.6) is 0 Å². The summed E-state index contributed by atoms with van der Waals surface area (Å²) in [7, 11) is -3.90. The molecule has 1 heterocycles. The number of anilines is 1. The average molecular weight is 472 g/mol. The average Bonchev–Trinajstić information content (AvgIpc) is 2.84. The molecule has 0 radical (unpaired) electrons. The van der Waals surface area contributed by atoms with Crippen LogP contribution in [0.4, 0.5) is 5.69 Å². The van der Waals surface area contributed by atoms with Crippen molar-refractivity contribution in [1.29, 1.82) is 0 Å². The number of sulfonamides is 1. The molecule has 0 amide bonds. The topological polar surface area (TPSA) is 75.8 Å². The van der Waals surface area contributed by atoms with Gasteiger partial charge in [-0.2, -0.15) is 12.8 Å². The molecular formula is C27H25N3O3S. The Hall–Kier alpha value is -3.71. The quantitative estimate of drug-likeness (QED) is 0.249. The third kappa shape index (κ3) is 3.92. The third-order valence-electron chi connectivity index (χ3n) is 6.02. The monoisotopic (exact) mass is 471 g/mol. The minimum Gasteiger partial charge on any atom is -0.453 e. The van der Waals surface area contributed by atoms with Gasteiger partial charge in [0.2, 0.25) is 0 Å². The van der Waals surface area contributed by atoms with Gasteiger partial charge in [0.15, 0.2) is 11.3 Å². The van der Waals surface area contributed by atoms with Gasteiger partial charge >= 0.3 is 0 Å². The van der Waals surface area contributed by atoms with Gasteiger partial charge in [-0.3, -0.25) is 0 Å². The molecule has 0 unspecified atom stereocenters. The lowest BCUT2D eigenvalue weighted by molar-refractivity contribution is 0.596. The van der Waals surface area contributed by atoms with Gasteiger partial charge in [-0.05, 0) is 45.0 Å². The zero-order valence-corrected chi connectivity index (χ0v) is 20.1. The lowest BCUT2D eigenvalue weighted by Crippen LogP contribution is -2.21. The minimum absolute atomic E-state index is 0.153. The van der Waals surface area contributed by atoms with Crippen LogP contribution in [0, 0.1) is 6.92 Å². The molecule has 3 aromatic rings. The van der Waals surface area contributed by atoms with Crippen molar-refractivity contribution >= 4 is 37.6 Å². The summed E-state index contributed by atoms with van der Waals surface area (Å²) in [6.07, 6.45) is 0. The lowest BCUT2D eigenvalue weighted by atomic mass is 10.0. The van der Waals surface area contributed by atoms with Crippen molar-refractivity contribution in [2.75, 3.05) is 18.0 Å². The SMILES string of the molecule is CCN(CC)c1ccc2nc3c4ccccc4/c(=N/S(=O)(=O)c4ccc(C)cc4)cc-3oc2c1. The number of aromatic nitrogens is 1. The summed E-state index contributed by atoms with van der Waals surface area (Å²) >= 11 is 0. The molecule has 7 heteroatoms. The first-order valence-corrected chi connectivity index (χ1v) is 12.7. The number of benzene rings is 4. The molecule has 5 rings (SSSR count). The van der Waals surface area contributed by atoms with E-state index < -0.39 is 10.0 Å². The van der Waals surface area contributed by atoms with E-state index in [-0.39, 0.29) is 4.90 Å². The molecule has 0 spiro atoms. The molecule has 1 aliphatic carbocycles. The van der Waals surface area contributed by atoms with Crippen molar-refractivity contribution in [2.45, 2.75) is 25.7 Å². The van der Waals surface area contributed by atoms with Crippen LogP contribution in [0.15, 0.2) is 86.5 Å². The Morgan fingerprint density at radius 1 is 0.912 bits per heavy atom. The molecule has 0 saturated carbocycles. The van der Waals surface area contributed by atoms with Crippen molar-refractivity contribution in [3.63, 3.8) is 0 Å². The molecule has 6 nitrogen and oxygen atoms in total. The number of hydrogen-bond donors (Lipinski definition) is 0. The second-order valence-corrected chi connectivity index (χ2v) is 9.81. The van der Waals surface area contributed by atoms with E-state index in [1.807, 2.05) is 49.4 Å². The van der Waals surface area contributed by atoms with Crippen LogP contribution in [0.3, 0.4) is 0 Å². The van der Waals surface area contributed by atoms with E-state index in [1.54, 1.807) is 30.3 Å². The molecule has 0 saturated heterocycles. The fourth-order valence-corrected chi connectivity index (χ4v) is 5.17. The van der Waals surface area contributed by atoms with E-state index in [9.17, 15) is 8.42 Å². The van der Waals surface area contributed by atoms with Crippen molar-refractivity contribution in [1.82, 2.24) is 4.98 Å². The Bertz CT molecular complexity index is 1650. The predicted octanol–water partition coefficient (Wildman–Crippen LogP) is 5.53. The van der Waals surface area contributed by atoms with Crippen LogP contribution >= 0.6 is 0 Å². The van der Waals surface area contributed by atoms with Crippen LogP contribution in [-0.2, 0) is 10.0 Å². The summed E-state index contributed by atoms with van der Waals surface area (Å²) in [5.74, 6) is 0.487. The van der Waals surface area contributed by atoms with Gasteiger partial charge in [0.25, 0.3) is 10.0 Å². The van der Waals surface area contributed by atoms with Gasteiger partial charge in [-0.1, -0.05) is 42.0 Å². The van der Waals surface area contributed by atoms with Gasteiger partial charge in [0.05, 0.1) is 10.3 Å². The van der Waals surface area contributed by atoms with E-state index in [0.29, 0.717) is 27.8 Å². The van der Waals surface area contributed by atoms with Crippen molar-refractivity contribution in [3.8, 4) is 11.5 Å². The Balaban J connectivity index is 1.78. The highest BCUT2D eigenvalue weighted by atomic mass is 32.2. The van der Waals surface area contributed by atoms with E-state index >= 15 is 0 Å². The zero-order valence-electron chi connectivity index (χ0n) is 19.3. The van der Waals surface area contributed by atoms with Gasteiger partial charge < -0.3 is 9.32 Å². The van der Waals surface area contributed by atoms with Gasteiger partial charge in [0, 0.05) is 41.7 Å². The highest BCUT2D eigenvalue weighted by Crippen LogP contribution is 2.32. The first-order valence-electron chi connectivity index (χ1n) is 11.3. The minimum atomic E-state index is -3.90. The number of nitrogens with zero attached hydrogens (tertiary/aromatic N) is 3. The molecule has 3 aromatic carbocycles. The van der Waals surface area contributed by atoms with Gasteiger partial charge in [-0.25, -0.2) is 4.98 Å². The smallest absolute Gasteiger partial charge is 0.282 e. The van der Waals surface area contributed by atoms with Crippen LogP contribution in [0.1, 0.15) is 19.4 Å². The van der Waals surface area contributed by atoms with Gasteiger partial charge in [0.1, 0.15) is 11.2 Å². The van der Waals surface area contributed by atoms with Crippen molar-refractivity contribution < 1.29 is 12.8 Å². The Morgan fingerprint density at radius 3 is 2.32 bits per heavy atom. The summed E-state index contributed by atoms with van der Waals surface area (Å²) in [6, 6.07) is 21.8. The van der Waals surface area contributed by atoms with E-state index in [0.717, 1.165) is 35.2 Å². The fourth-order valence-electron chi connectivity index (χ4n) is 4.18. The van der Waals surface area contributed by atoms with E-state index in [1.165, 1.54) is 0 Å². The molecule has 0 aromatic heterocycles. The maximum absolute atomic E-state index is 13.1. The Morgan fingerprint density at radius 2 is 1.62 bits per heavy atom. The third-order valence-corrected chi connectivity index (χ3v) is 7.33. The Kier molecular flexibility index (Phi) is 5.57. The predicted molar refractivity (Wildman–Crippen MR) is 136 cm³/mol. The largest absolute Gasteiger partial charge is 0.453 e. The van der Waals surface area contributed by atoms with Crippen LogP contribution < -0.4 is 10.3 Å². The van der Waals surface area contributed by atoms with Crippen LogP contribution in [-0.4, -0.2) is 26.5 Å². The van der Waals surface area contributed by atoms with Crippen molar-refractivity contribution in [2.24, 2.45) is 4.40 Å². The lowest BCUT2D eigenvalue weighted by Gasteiger charge is -2.21. The second-order valence-electron chi connectivity index (χ2n) is 8.21. The standard InChI is InChI=1S/C27H25N3O3S/c1-4-30(5-2)19-12-15-23-25(16-19)33-26-17-24(21-8-6-7-9-22(21)27(26)28-23)29-34(31,32)20-13-10-18(3)11-14-20/h6-17H,4-5H2,1-3H3/b29-24+. The Labute approximate surface area is 198 Å². The summed E-state index contributed by atoms with van der Waals surface area (Å²) in [5.41, 5.74) is 4.08. The number of rotatable bonds is 5. The fraction of sp³-hybridized carbons (Fsp3) is 0.185. The molecular weight excluding hydrogens is 446 g/mol. The normalized spacial score (nSPS) is 12.6. The van der Waals surface area contributed by atoms with Crippen LogP contribution in [0.25, 0.3) is 33.3 Å². The van der Waals surface area contributed by atoms with E-state index in [2.05, 4.69) is 23.1 Å². The molecule has 2 aliphatic rings. The zero-order chi connectivity index (χ0) is 23.9.